The van der Waals surface area contributed by atoms with Crippen LogP contribution in [0.4, 0.5) is 10.8 Å². The lowest BCUT2D eigenvalue weighted by Gasteiger charge is -2.04. The van der Waals surface area contributed by atoms with Gasteiger partial charge >= 0.3 is 0 Å². The number of rotatable bonds is 2. The number of anilines is 2. The number of carbonyl (C=O) groups is 1. The average Bonchev–Trinajstić information content (AvgIpc) is 2.79. The molecule has 0 saturated heterocycles. The van der Waals surface area contributed by atoms with Crippen LogP contribution < -0.4 is 11.1 Å². The number of fused-ring (bicyclic) bond motifs is 1. The molecule has 2 aromatic carbocycles. The van der Waals surface area contributed by atoms with E-state index in [2.05, 4.69) is 10.3 Å². The fourth-order valence-electron chi connectivity index (χ4n) is 1.82. The molecule has 3 N–H and O–H groups in total. The van der Waals surface area contributed by atoms with Crippen LogP contribution in [0.1, 0.15) is 10.4 Å². The highest BCUT2D eigenvalue weighted by molar-refractivity contribution is 7.22. The van der Waals surface area contributed by atoms with E-state index in [1.165, 1.54) is 11.3 Å². The molecule has 94 valence electrons. The minimum absolute atomic E-state index is 0.136. The van der Waals surface area contributed by atoms with Crippen LogP contribution in [0.15, 0.2) is 48.5 Å². The molecule has 0 atom stereocenters. The first-order valence-electron chi connectivity index (χ1n) is 5.75. The third-order valence-corrected chi connectivity index (χ3v) is 3.56. The number of nitrogen functional groups attached to an aromatic ring is 1. The van der Waals surface area contributed by atoms with Gasteiger partial charge < -0.3 is 11.1 Å². The van der Waals surface area contributed by atoms with Crippen LogP contribution in [-0.4, -0.2) is 10.9 Å². The van der Waals surface area contributed by atoms with E-state index >= 15 is 0 Å². The zero-order valence-electron chi connectivity index (χ0n) is 9.96. The van der Waals surface area contributed by atoms with Crippen LogP contribution in [0.5, 0.6) is 0 Å². The fraction of sp³-hybridized carbons (Fsp3) is 0. The number of benzene rings is 2. The maximum Gasteiger partial charge on any atom is 0.255 e. The molecule has 0 radical (unpaired) electrons. The van der Waals surface area contributed by atoms with Gasteiger partial charge in [0.15, 0.2) is 5.13 Å². The van der Waals surface area contributed by atoms with Crippen molar-refractivity contribution in [2.75, 3.05) is 11.1 Å². The Labute approximate surface area is 113 Å². The minimum atomic E-state index is -0.136. The molecule has 0 fully saturated rings. The lowest BCUT2D eigenvalue weighted by atomic mass is 10.2. The molecule has 19 heavy (non-hydrogen) atoms. The van der Waals surface area contributed by atoms with Gasteiger partial charge in [-0.15, -0.1) is 0 Å². The van der Waals surface area contributed by atoms with E-state index in [4.69, 9.17) is 5.73 Å². The topological polar surface area (TPSA) is 68.0 Å². The maximum atomic E-state index is 12.0. The lowest BCUT2D eigenvalue weighted by molar-refractivity contribution is 0.102. The van der Waals surface area contributed by atoms with Gasteiger partial charge in [0.2, 0.25) is 0 Å². The van der Waals surface area contributed by atoms with Crippen molar-refractivity contribution in [2.45, 2.75) is 0 Å². The third kappa shape index (κ3) is 2.41. The highest BCUT2D eigenvalue weighted by atomic mass is 32.1. The Morgan fingerprint density at radius 2 is 1.95 bits per heavy atom. The van der Waals surface area contributed by atoms with Gasteiger partial charge in [-0.1, -0.05) is 29.5 Å². The molecule has 0 saturated carbocycles. The Bertz CT molecular complexity index is 737. The largest absolute Gasteiger partial charge is 0.375 e. The molecule has 0 aliphatic rings. The Hall–Kier alpha value is -2.40. The zero-order chi connectivity index (χ0) is 13.2. The van der Waals surface area contributed by atoms with Crippen LogP contribution in [0.3, 0.4) is 0 Å². The van der Waals surface area contributed by atoms with Gasteiger partial charge in [0, 0.05) is 11.3 Å². The van der Waals surface area contributed by atoms with Crippen molar-refractivity contribution >= 4 is 38.3 Å². The highest BCUT2D eigenvalue weighted by Crippen LogP contribution is 2.26. The molecule has 5 heteroatoms. The van der Waals surface area contributed by atoms with Gasteiger partial charge in [0.25, 0.3) is 5.91 Å². The van der Waals surface area contributed by atoms with Gasteiger partial charge in [-0.3, -0.25) is 4.79 Å². The fourth-order valence-corrected chi connectivity index (χ4v) is 2.53. The standard InChI is InChI=1S/C14H11N3OS/c15-14-17-11-8-10(6-7-12(11)19-14)16-13(18)9-4-2-1-3-5-9/h1-8H,(H2,15,17)(H,16,18). The van der Waals surface area contributed by atoms with Gasteiger partial charge in [0.1, 0.15) is 0 Å². The summed E-state index contributed by atoms with van der Waals surface area (Å²) >= 11 is 1.43. The Balaban J connectivity index is 1.87. The normalized spacial score (nSPS) is 10.5. The summed E-state index contributed by atoms with van der Waals surface area (Å²) < 4.78 is 1.01. The number of carbonyl (C=O) groups excluding carboxylic acids is 1. The summed E-state index contributed by atoms with van der Waals surface area (Å²) in [6, 6.07) is 14.7. The second-order valence-corrected chi connectivity index (χ2v) is 5.12. The molecule has 0 aliphatic carbocycles. The van der Waals surface area contributed by atoms with Crippen molar-refractivity contribution < 1.29 is 4.79 Å². The van der Waals surface area contributed by atoms with Crippen LogP contribution in [0.25, 0.3) is 10.2 Å². The molecular weight excluding hydrogens is 258 g/mol. The smallest absolute Gasteiger partial charge is 0.255 e. The molecule has 1 amide bonds. The first kappa shape index (κ1) is 11.7. The number of nitrogens with one attached hydrogen (secondary N) is 1. The second kappa shape index (κ2) is 4.70. The van der Waals surface area contributed by atoms with E-state index in [9.17, 15) is 4.79 Å². The molecule has 0 unspecified atom stereocenters. The number of aromatic nitrogens is 1. The molecular formula is C14H11N3OS. The third-order valence-electron chi connectivity index (χ3n) is 2.70. The van der Waals surface area contributed by atoms with Crippen molar-refractivity contribution in [1.82, 2.24) is 4.98 Å². The summed E-state index contributed by atoms with van der Waals surface area (Å²) in [5.74, 6) is -0.136. The molecule has 0 spiro atoms. The van der Waals surface area contributed by atoms with Crippen LogP contribution in [-0.2, 0) is 0 Å². The number of amides is 1. The Kier molecular flexibility index (Phi) is 2.89. The summed E-state index contributed by atoms with van der Waals surface area (Å²) in [6.07, 6.45) is 0. The molecule has 0 aliphatic heterocycles. The molecule has 1 heterocycles. The van der Waals surface area contributed by atoms with E-state index in [-0.39, 0.29) is 5.91 Å². The van der Waals surface area contributed by atoms with Gasteiger partial charge in [-0.25, -0.2) is 4.98 Å². The predicted octanol–water partition coefficient (Wildman–Crippen LogP) is 3.13. The van der Waals surface area contributed by atoms with Crippen molar-refractivity contribution in [3.8, 4) is 0 Å². The van der Waals surface area contributed by atoms with E-state index in [0.29, 0.717) is 16.4 Å². The van der Waals surface area contributed by atoms with E-state index in [1.807, 2.05) is 36.4 Å². The molecule has 0 bridgehead atoms. The van der Waals surface area contributed by atoms with E-state index in [0.717, 1.165) is 10.2 Å². The zero-order valence-corrected chi connectivity index (χ0v) is 10.8. The second-order valence-electron chi connectivity index (χ2n) is 4.05. The van der Waals surface area contributed by atoms with Crippen LogP contribution >= 0.6 is 11.3 Å². The van der Waals surface area contributed by atoms with Crippen molar-refractivity contribution in [2.24, 2.45) is 0 Å². The van der Waals surface area contributed by atoms with Gasteiger partial charge in [0.05, 0.1) is 10.2 Å². The molecule has 3 rings (SSSR count). The minimum Gasteiger partial charge on any atom is -0.375 e. The van der Waals surface area contributed by atoms with Crippen molar-refractivity contribution in [3.05, 3.63) is 54.1 Å². The summed E-state index contributed by atoms with van der Waals surface area (Å²) in [7, 11) is 0. The number of nitrogens with two attached hydrogens (primary N) is 1. The van der Waals surface area contributed by atoms with Gasteiger partial charge in [-0.2, -0.15) is 0 Å². The van der Waals surface area contributed by atoms with Crippen molar-refractivity contribution in [1.29, 1.82) is 0 Å². The highest BCUT2D eigenvalue weighted by Gasteiger charge is 2.07. The molecule has 3 aromatic rings. The summed E-state index contributed by atoms with van der Waals surface area (Å²) in [5.41, 5.74) is 7.79. The lowest BCUT2D eigenvalue weighted by Crippen LogP contribution is -2.11. The van der Waals surface area contributed by atoms with E-state index in [1.54, 1.807) is 12.1 Å². The summed E-state index contributed by atoms with van der Waals surface area (Å²) in [4.78, 5) is 16.2. The Morgan fingerprint density at radius 3 is 2.74 bits per heavy atom. The quantitative estimate of drug-likeness (QED) is 0.751. The number of hydrogen-bond acceptors (Lipinski definition) is 4. The number of hydrogen-bond donors (Lipinski definition) is 2. The maximum absolute atomic E-state index is 12.0. The number of thiazole rings is 1. The Morgan fingerprint density at radius 1 is 1.16 bits per heavy atom. The molecule has 4 nitrogen and oxygen atoms in total. The monoisotopic (exact) mass is 269 g/mol. The number of nitrogens with zero attached hydrogens (tertiary/aromatic N) is 1. The first-order chi connectivity index (χ1) is 9.22. The van der Waals surface area contributed by atoms with Crippen molar-refractivity contribution in [3.63, 3.8) is 0 Å². The first-order valence-corrected chi connectivity index (χ1v) is 6.56. The molecule has 1 aromatic heterocycles. The summed E-state index contributed by atoms with van der Waals surface area (Å²) in [5, 5.41) is 3.37. The summed E-state index contributed by atoms with van der Waals surface area (Å²) in [6.45, 7) is 0. The average molecular weight is 269 g/mol. The van der Waals surface area contributed by atoms with E-state index < -0.39 is 0 Å². The van der Waals surface area contributed by atoms with Crippen LogP contribution in [0.2, 0.25) is 0 Å². The van der Waals surface area contributed by atoms with Gasteiger partial charge in [-0.05, 0) is 30.3 Å². The van der Waals surface area contributed by atoms with Crippen LogP contribution in [0, 0.1) is 0 Å². The predicted molar refractivity (Wildman–Crippen MR) is 78.4 cm³/mol. The SMILES string of the molecule is Nc1nc2cc(NC(=O)c3ccccc3)ccc2s1.